The van der Waals surface area contributed by atoms with Crippen LogP contribution in [0.4, 0.5) is 11.4 Å². The zero-order chi connectivity index (χ0) is 22.9. The maximum absolute atomic E-state index is 13.2. The number of aryl methyl sites for hydroxylation is 1. The molecule has 3 aromatic carbocycles. The SMILES string of the molecule is COc1ccc(S(=O)(=O)Nc2ccc3c(c2)N(S(=O)(=O)c2ccccc2)CCC3)cc1Cl. The van der Waals surface area contributed by atoms with Crippen LogP contribution in [0.5, 0.6) is 5.75 Å². The Bertz CT molecular complexity index is 1360. The van der Waals surface area contributed by atoms with Gasteiger partial charge in [-0.3, -0.25) is 9.03 Å². The van der Waals surface area contributed by atoms with Gasteiger partial charge in [0.2, 0.25) is 0 Å². The predicted molar refractivity (Wildman–Crippen MR) is 125 cm³/mol. The summed E-state index contributed by atoms with van der Waals surface area (Å²) in [5.74, 6) is 0.362. The number of sulfonamides is 2. The highest BCUT2D eigenvalue weighted by molar-refractivity contribution is 7.93. The zero-order valence-electron chi connectivity index (χ0n) is 17.2. The van der Waals surface area contributed by atoms with Gasteiger partial charge in [-0.15, -0.1) is 0 Å². The first kappa shape index (κ1) is 22.4. The molecule has 3 aromatic rings. The predicted octanol–water partition coefficient (Wildman–Crippen LogP) is 4.29. The number of hydrogen-bond acceptors (Lipinski definition) is 5. The van der Waals surface area contributed by atoms with E-state index in [1.54, 1.807) is 48.5 Å². The number of fused-ring (bicyclic) bond motifs is 1. The van der Waals surface area contributed by atoms with Gasteiger partial charge in [0.25, 0.3) is 20.0 Å². The molecule has 0 aromatic heterocycles. The maximum atomic E-state index is 13.2. The number of hydrogen-bond donors (Lipinski definition) is 1. The number of ether oxygens (including phenoxy) is 1. The molecule has 1 aliphatic heterocycles. The van der Waals surface area contributed by atoms with Crippen molar-refractivity contribution in [3.63, 3.8) is 0 Å². The summed E-state index contributed by atoms with van der Waals surface area (Å²) in [6, 6.07) is 17.3. The van der Waals surface area contributed by atoms with Crippen molar-refractivity contribution in [1.82, 2.24) is 0 Å². The molecule has 4 rings (SSSR count). The molecule has 32 heavy (non-hydrogen) atoms. The van der Waals surface area contributed by atoms with Crippen LogP contribution in [0, 0.1) is 0 Å². The van der Waals surface area contributed by atoms with Gasteiger partial charge in [-0.05, 0) is 60.9 Å². The summed E-state index contributed by atoms with van der Waals surface area (Å²) in [5.41, 5.74) is 1.56. The molecule has 0 unspecified atom stereocenters. The fourth-order valence-corrected chi connectivity index (χ4v) is 6.55. The van der Waals surface area contributed by atoms with Crippen molar-refractivity contribution >= 4 is 43.0 Å². The molecule has 0 aliphatic carbocycles. The van der Waals surface area contributed by atoms with Gasteiger partial charge in [-0.2, -0.15) is 0 Å². The third-order valence-electron chi connectivity index (χ3n) is 5.18. The third kappa shape index (κ3) is 4.28. The van der Waals surface area contributed by atoms with Crippen LogP contribution >= 0.6 is 11.6 Å². The fraction of sp³-hybridized carbons (Fsp3) is 0.182. The van der Waals surface area contributed by atoms with Gasteiger partial charge in [0.15, 0.2) is 0 Å². The van der Waals surface area contributed by atoms with E-state index in [9.17, 15) is 16.8 Å². The minimum Gasteiger partial charge on any atom is -0.495 e. The molecule has 0 atom stereocenters. The van der Waals surface area contributed by atoms with Gasteiger partial charge in [0.05, 0.1) is 33.3 Å². The van der Waals surface area contributed by atoms with Crippen LogP contribution in [-0.2, 0) is 26.5 Å². The minimum atomic E-state index is -3.95. The molecule has 0 radical (unpaired) electrons. The van der Waals surface area contributed by atoms with Crippen molar-refractivity contribution in [3.05, 3.63) is 77.3 Å². The number of nitrogens with one attached hydrogen (secondary N) is 1. The van der Waals surface area contributed by atoms with E-state index in [1.165, 1.54) is 29.6 Å². The lowest BCUT2D eigenvalue weighted by Crippen LogP contribution is -2.35. The third-order valence-corrected chi connectivity index (χ3v) is 8.68. The molecule has 10 heteroatoms. The van der Waals surface area contributed by atoms with E-state index in [-0.39, 0.29) is 20.5 Å². The number of nitrogens with zero attached hydrogens (tertiary/aromatic N) is 1. The van der Waals surface area contributed by atoms with Crippen LogP contribution in [0.25, 0.3) is 0 Å². The summed E-state index contributed by atoms with van der Waals surface area (Å²) in [7, 11) is -6.29. The Balaban J connectivity index is 1.69. The van der Waals surface area contributed by atoms with Gasteiger partial charge in [-0.1, -0.05) is 35.9 Å². The van der Waals surface area contributed by atoms with Crippen LogP contribution in [-0.4, -0.2) is 30.5 Å². The van der Waals surface area contributed by atoms with Crippen LogP contribution in [0.15, 0.2) is 76.5 Å². The van der Waals surface area contributed by atoms with Crippen LogP contribution in [0.3, 0.4) is 0 Å². The van der Waals surface area contributed by atoms with E-state index in [0.29, 0.717) is 30.8 Å². The monoisotopic (exact) mass is 492 g/mol. The lowest BCUT2D eigenvalue weighted by molar-refractivity contribution is 0.414. The average molecular weight is 493 g/mol. The largest absolute Gasteiger partial charge is 0.495 e. The molecule has 0 bridgehead atoms. The maximum Gasteiger partial charge on any atom is 0.264 e. The lowest BCUT2D eigenvalue weighted by Gasteiger charge is -2.31. The van der Waals surface area contributed by atoms with E-state index < -0.39 is 20.0 Å². The summed E-state index contributed by atoms with van der Waals surface area (Å²) in [4.78, 5) is 0.154. The molecule has 7 nitrogen and oxygen atoms in total. The molecule has 0 saturated heterocycles. The number of anilines is 2. The van der Waals surface area contributed by atoms with Crippen LogP contribution < -0.4 is 13.8 Å². The molecule has 0 fully saturated rings. The smallest absolute Gasteiger partial charge is 0.264 e. The lowest BCUT2D eigenvalue weighted by atomic mass is 10.0. The standard InChI is InChI=1S/C22H21ClN2O5S2/c1-30-22-12-11-19(15-20(22)23)31(26,27)24-17-10-9-16-6-5-13-25(21(16)14-17)32(28,29)18-7-3-2-4-8-18/h2-4,7-12,14-15,24H,5-6,13H2,1H3. The van der Waals surface area contributed by atoms with Crippen molar-refractivity contribution in [2.45, 2.75) is 22.6 Å². The molecule has 0 saturated carbocycles. The Morgan fingerprint density at radius 3 is 2.38 bits per heavy atom. The van der Waals surface area contributed by atoms with E-state index in [1.807, 2.05) is 0 Å². The first-order chi connectivity index (χ1) is 15.2. The molecule has 0 spiro atoms. The first-order valence-electron chi connectivity index (χ1n) is 9.79. The topological polar surface area (TPSA) is 92.8 Å². The van der Waals surface area contributed by atoms with E-state index in [4.69, 9.17) is 16.3 Å². The van der Waals surface area contributed by atoms with Gasteiger partial charge in [0.1, 0.15) is 5.75 Å². The Kier molecular flexibility index (Phi) is 6.07. The molecule has 168 valence electrons. The highest BCUT2D eigenvalue weighted by Crippen LogP contribution is 2.35. The van der Waals surface area contributed by atoms with E-state index >= 15 is 0 Å². The average Bonchev–Trinajstić information content (AvgIpc) is 2.79. The minimum absolute atomic E-state index is 0.0326. The van der Waals surface area contributed by atoms with Crippen molar-refractivity contribution in [2.24, 2.45) is 0 Å². The number of benzene rings is 3. The molecule has 1 heterocycles. The second kappa shape index (κ2) is 8.65. The summed E-state index contributed by atoms with van der Waals surface area (Å²) < 4.78 is 61.1. The highest BCUT2D eigenvalue weighted by Gasteiger charge is 2.29. The van der Waals surface area contributed by atoms with Crippen molar-refractivity contribution < 1.29 is 21.6 Å². The number of halogens is 1. The van der Waals surface area contributed by atoms with Gasteiger partial charge >= 0.3 is 0 Å². The van der Waals surface area contributed by atoms with Crippen molar-refractivity contribution in [1.29, 1.82) is 0 Å². The molecular weight excluding hydrogens is 472 g/mol. The van der Waals surface area contributed by atoms with E-state index in [2.05, 4.69) is 4.72 Å². The zero-order valence-corrected chi connectivity index (χ0v) is 19.5. The van der Waals surface area contributed by atoms with Gasteiger partial charge < -0.3 is 4.74 Å². The second-order valence-electron chi connectivity index (χ2n) is 7.24. The number of methoxy groups -OCH3 is 1. The molecule has 1 aliphatic rings. The summed E-state index contributed by atoms with van der Waals surface area (Å²) >= 11 is 6.07. The fourth-order valence-electron chi connectivity index (χ4n) is 3.60. The second-order valence-corrected chi connectivity index (χ2v) is 11.2. The first-order valence-corrected chi connectivity index (χ1v) is 13.1. The van der Waals surface area contributed by atoms with Crippen molar-refractivity contribution in [3.8, 4) is 5.75 Å². The summed E-state index contributed by atoms with van der Waals surface area (Å²) in [5, 5.41) is 0.168. The molecular formula is C22H21ClN2O5S2. The quantitative estimate of drug-likeness (QED) is 0.554. The van der Waals surface area contributed by atoms with Crippen LogP contribution in [0.2, 0.25) is 5.02 Å². The summed E-state index contributed by atoms with van der Waals surface area (Å²) in [6.45, 7) is 0.314. The van der Waals surface area contributed by atoms with Gasteiger partial charge in [0, 0.05) is 6.54 Å². The van der Waals surface area contributed by atoms with Crippen molar-refractivity contribution in [2.75, 3.05) is 22.7 Å². The Labute approximate surface area is 192 Å². The van der Waals surface area contributed by atoms with Crippen LogP contribution in [0.1, 0.15) is 12.0 Å². The Morgan fingerprint density at radius 1 is 0.938 bits per heavy atom. The number of rotatable bonds is 6. The highest BCUT2D eigenvalue weighted by atomic mass is 35.5. The van der Waals surface area contributed by atoms with E-state index in [0.717, 1.165) is 5.56 Å². The molecule has 0 amide bonds. The summed E-state index contributed by atoms with van der Waals surface area (Å²) in [6.07, 6.45) is 1.38. The molecule has 1 N–H and O–H groups in total. The van der Waals surface area contributed by atoms with Gasteiger partial charge in [-0.25, -0.2) is 16.8 Å². The normalized spacial score (nSPS) is 14.0. The Hall–Kier alpha value is -2.75. The Morgan fingerprint density at radius 2 is 1.69 bits per heavy atom.